The summed E-state index contributed by atoms with van der Waals surface area (Å²) in [4.78, 5) is 15.9. The molecule has 0 bridgehead atoms. The first kappa shape index (κ1) is 11.4. The lowest BCUT2D eigenvalue weighted by atomic mass is 10.2. The van der Waals surface area contributed by atoms with Crippen LogP contribution < -0.4 is 0 Å². The van der Waals surface area contributed by atoms with Crippen LogP contribution in [0.4, 0.5) is 0 Å². The van der Waals surface area contributed by atoms with Crippen LogP contribution in [0.15, 0.2) is 35.5 Å². The first-order valence-corrected chi connectivity index (χ1v) is 4.87. The molecule has 3 heteroatoms. The molecule has 0 fully saturated rings. The van der Waals surface area contributed by atoms with Crippen LogP contribution in [0, 0.1) is 0 Å². The van der Waals surface area contributed by atoms with Crippen molar-refractivity contribution in [3.05, 3.63) is 35.9 Å². The summed E-state index contributed by atoms with van der Waals surface area (Å²) in [7, 11) is 0. The average Bonchev–Trinajstić information content (AvgIpc) is 2.18. The van der Waals surface area contributed by atoms with Crippen molar-refractivity contribution in [2.24, 2.45) is 5.16 Å². The Bertz CT molecular complexity index is 344. The van der Waals surface area contributed by atoms with Gasteiger partial charge in [0.1, 0.15) is 12.4 Å². The van der Waals surface area contributed by atoms with Crippen molar-refractivity contribution < 1.29 is 9.63 Å². The van der Waals surface area contributed by atoms with E-state index in [2.05, 4.69) is 5.16 Å². The fourth-order valence-corrected chi connectivity index (χ4v) is 1.18. The Morgan fingerprint density at radius 1 is 1.27 bits per heavy atom. The molecule has 0 amide bonds. The third kappa shape index (κ3) is 4.96. The Labute approximate surface area is 89.7 Å². The van der Waals surface area contributed by atoms with E-state index in [9.17, 15) is 4.79 Å². The molecular weight excluding hydrogens is 190 g/mol. The number of carbonyl (C=O) groups excluding carboxylic acids is 1. The Balaban J connectivity index is 2.35. The second kappa shape index (κ2) is 5.96. The molecule has 0 aromatic heterocycles. The monoisotopic (exact) mass is 205 g/mol. The Hall–Kier alpha value is -1.64. The van der Waals surface area contributed by atoms with Crippen LogP contribution in [0.1, 0.15) is 25.8 Å². The van der Waals surface area contributed by atoms with Gasteiger partial charge >= 0.3 is 0 Å². The number of benzene rings is 1. The number of hydrogen-bond donors (Lipinski definition) is 0. The number of rotatable bonds is 5. The summed E-state index contributed by atoms with van der Waals surface area (Å²) in [6, 6.07) is 9.79. The van der Waals surface area contributed by atoms with E-state index in [-0.39, 0.29) is 5.78 Å². The minimum atomic E-state index is 0.0968. The summed E-state index contributed by atoms with van der Waals surface area (Å²) < 4.78 is 0. The van der Waals surface area contributed by atoms with Crippen LogP contribution in [-0.2, 0) is 16.2 Å². The Kier molecular flexibility index (Phi) is 4.54. The first-order valence-electron chi connectivity index (χ1n) is 4.87. The molecule has 0 aliphatic carbocycles. The van der Waals surface area contributed by atoms with Gasteiger partial charge in [-0.3, -0.25) is 4.79 Å². The lowest BCUT2D eigenvalue weighted by Gasteiger charge is -2.00. The molecule has 0 saturated carbocycles. The molecule has 0 N–H and O–H groups in total. The van der Waals surface area contributed by atoms with Gasteiger partial charge in [-0.1, -0.05) is 35.5 Å². The number of hydrogen-bond acceptors (Lipinski definition) is 3. The van der Waals surface area contributed by atoms with E-state index in [1.54, 1.807) is 6.92 Å². The van der Waals surface area contributed by atoms with Crippen LogP contribution in [0.5, 0.6) is 0 Å². The molecule has 0 aliphatic rings. The fourth-order valence-electron chi connectivity index (χ4n) is 1.18. The topological polar surface area (TPSA) is 38.7 Å². The van der Waals surface area contributed by atoms with Gasteiger partial charge in [-0.25, -0.2) is 0 Å². The number of ketones is 1. The highest BCUT2D eigenvalue weighted by Gasteiger charge is 1.97. The van der Waals surface area contributed by atoms with Crippen molar-refractivity contribution in [2.45, 2.75) is 26.9 Å². The maximum absolute atomic E-state index is 10.8. The second-order valence-corrected chi connectivity index (χ2v) is 3.46. The normalized spacial score (nSPS) is 11.2. The Morgan fingerprint density at radius 2 is 1.93 bits per heavy atom. The van der Waals surface area contributed by atoms with Gasteiger partial charge in [-0.15, -0.1) is 0 Å². The number of carbonyl (C=O) groups is 1. The quantitative estimate of drug-likeness (QED) is 0.547. The maximum atomic E-state index is 10.8. The molecule has 0 unspecified atom stereocenters. The zero-order valence-corrected chi connectivity index (χ0v) is 9.06. The lowest BCUT2D eigenvalue weighted by Crippen LogP contribution is -2.00. The minimum Gasteiger partial charge on any atom is -0.391 e. The van der Waals surface area contributed by atoms with Gasteiger partial charge in [0.2, 0.25) is 0 Å². The molecule has 0 spiro atoms. The van der Waals surface area contributed by atoms with Crippen molar-refractivity contribution >= 4 is 11.5 Å². The van der Waals surface area contributed by atoms with Gasteiger partial charge in [0, 0.05) is 6.42 Å². The summed E-state index contributed by atoms with van der Waals surface area (Å²) in [5, 5.41) is 3.86. The van der Waals surface area contributed by atoms with E-state index < -0.39 is 0 Å². The molecular formula is C12H15NO2. The van der Waals surface area contributed by atoms with Crippen molar-refractivity contribution in [3.63, 3.8) is 0 Å². The van der Waals surface area contributed by atoms with E-state index in [4.69, 9.17) is 4.84 Å². The van der Waals surface area contributed by atoms with E-state index >= 15 is 0 Å². The largest absolute Gasteiger partial charge is 0.391 e. The van der Waals surface area contributed by atoms with Crippen LogP contribution in [-0.4, -0.2) is 11.5 Å². The maximum Gasteiger partial charge on any atom is 0.142 e. The molecule has 1 aromatic rings. The van der Waals surface area contributed by atoms with E-state index in [1.807, 2.05) is 30.3 Å². The van der Waals surface area contributed by atoms with E-state index in [0.717, 1.165) is 5.56 Å². The smallest absolute Gasteiger partial charge is 0.142 e. The average molecular weight is 205 g/mol. The SMILES string of the molecule is CC(=O)CC(C)=NOCc1ccccc1. The summed E-state index contributed by atoms with van der Waals surface area (Å²) in [5.41, 5.74) is 1.77. The predicted octanol–water partition coefficient (Wildman–Crippen LogP) is 2.56. The van der Waals surface area contributed by atoms with Crippen LogP contribution in [0.25, 0.3) is 0 Å². The number of Topliss-reactive ketones (excluding diaryl/α,β-unsaturated/α-hetero) is 1. The molecule has 1 rings (SSSR count). The third-order valence-corrected chi connectivity index (χ3v) is 1.80. The molecule has 1 aromatic carbocycles. The highest BCUT2D eigenvalue weighted by atomic mass is 16.6. The van der Waals surface area contributed by atoms with Crippen molar-refractivity contribution in [3.8, 4) is 0 Å². The van der Waals surface area contributed by atoms with Gasteiger partial charge < -0.3 is 4.84 Å². The number of oxime groups is 1. The highest BCUT2D eigenvalue weighted by Crippen LogP contribution is 2.01. The van der Waals surface area contributed by atoms with Crippen LogP contribution in [0.3, 0.4) is 0 Å². The van der Waals surface area contributed by atoms with Gasteiger partial charge in [-0.2, -0.15) is 0 Å². The fraction of sp³-hybridized carbons (Fsp3) is 0.333. The second-order valence-electron chi connectivity index (χ2n) is 3.46. The van der Waals surface area contributed by atoms with E-state index in [0.29, 0.717) is 18.7 Å². The number of nitrogens with zero attached hydrogens (tertiary/aromatic N) is 1. The van der Waals surface area contributed by atoms with Crippen molar-refractivity contribution in [2.75, 3.05) is 0 Å². The minimum absolute atomic E-state index is 0.0968. The lowest BCUT2D eigenvalue weighted by molar-refractivity contribution is -0.115. The molecule has 0 heterocycles. The summed E-state index contributed by atoms with van der Waals surface area (Å²) in [6.07, 6.45) is 0.356. The molecule has 0 radical (unpaired) electrons. The molecule has 0 atom stereocenters. The van der Waals surface area contributed by atoms with Crippen molar-refractivity contribution in [1.82, 2.24) is 0 Å². The highest BCUT2D eigenvalue weighted by molar-refractivity contribution is 5.99. The standard InChI is InChI=1S/C12H15NO2/c1-10(8-11(2)14)13-15-9-12-6-4-3-5-7-12/h3-7H,8-9H2,1-2H3. The molecule has 0 aliphatic heterocycles. The van der Waals surface area contributed by atoms with E-state index in [1.165, 1.54) is 6.92 Å². The zero-order valence-electron chi connectivity index (χ0n) is 9.06. The van der Waals surface area contributed by atoms with Gasteiger partial charge in [-0.05, 0) is 19.4 Å². The summed E-state index contributed by atoms with van der Waals surface area (Å²) >= 11 is 0. The molecule has 3 nitrogen and oxygen atoms in total. The zero-order chi connectivity index (χ0) is 11.1. The molecule has 15 heavy (non-hydrogen) atoms. The van der Waals surface area contributed by atoms with Crippen LogP contribution >= 0.6 is 0 Å². The third-order valence-electron chi connectivity index (χ3n) is 1.80. The molecule has 80 valence electrons. The first-order chi connectivity index (χ1) is 7.18. The molecule has 0 saturated heterocycles. The van der Waals surface area contributed by atoms with Gasteiger partial charge in [0.05, 0.1) is 5.71 Å². The van der Waals surface area contributed by atoms with Gasteiger partial charge in [0.25, 0.3) is 0 Å². The van der Waals surface area contributed by atoms with Gasteiger partial charge in [0.15, 0.2) is 0 Å². The predicted molar refractivity (Wildman–Crippen MR) is 59.6 cm³/mol. The summed E-state index contributed by atoms with van der Waals surface area (Å²) in [6.45, 7) is 3.76. The summed E-state index contributed by atoms with van der Waals surface area (Å²) in [5.74, 6) is 0.0968. The van der Waals surface area contributed by atoms with Crippen LogP contribution in [0.2, 0.25) is 0 Å². The van der Waals surface area contributed by atoms with Crippen molar-refractivity contribution in [1.29, 1.82) is 0 Å². The Morgan fingerprint density at radius 3 is 2.53 bits per heavy atom.